The molecule has 0 heterocycles. The van der Waals surface area contributed by atoms with E-state index >= 15 is 0 Å². The predicted molar refractivity (Wildman–Crippen MR) is 103 cm³/mol. The van der Waals surface area contributed by atoms with Gasteiger partial charge in [-0.25, -0.2) is 9.18 Å². The van der Waals surface area contributed by atoms with E-state index in [9.17, 15) is 14.3 Å². The van der Waals surface area contributed by atoms with Gasteiger partial charge in [-0.1, -0.05) is 49.7 Å². The van der Waals surface area contributed by atoms with Crippen molar-refractivity contribution in [1.82, 2.24) is 0 Å². The van der Waals surface area contributed by atoms with Crippen molar-refractivity contribution in [2.75, 3.05) is 0 Å². The van der Waals surface area contributed by atoms with Gasteiger partial charge in [0.25, 0.3) is 0 Å². The van der Waals surface area contributed by atoms with Gasteiger partial charge in [-0.3, -0.25) is 0 Å². The minimum atomic E-state index is -0.619. The maximum absolute atomic E-state index is 13.2. The third kappa shape index (κ3) is 4.12. The highest BCUT2D eigenvalue weighted by Gasteiger charge is 2.24. The number of phenolic OH excluding ortho intramolecular Hbond substituents is 1. The smallest absolute Gasteiger partial charge is 0.343 e. The van der Waals surface area contributed by atoms with Gasteiger partial charge in [-0.15, -0.1) is 0 Å². The molecular weight excluding hydrogens is 367 g/mol. The minimum absolute atomic E-state index is 0.0378. The van der Waals surface area contributed by atoms with Gasteiger partial charge >= 0.3 is 5.97 Å². The van der Waals surface area contributed by atoms with Crippen molar-refractivity contribution in [3.63, 3.8) is 0 Å². The van der Waals surface area contributed by atoms with Crippen molar-refractivity contribution in [3.8, 4) is 11.5 Å². The Balaban J connectivity index is 1.80. The molecule has 0 amide bonds. The molecule has 0 aliphatic heterocycles. The first kappa shape index (κ1) is 18.9. The van der Waals surface area contributed by atoms with E-state index in [2.05, 4.69) is 0 Å². The normalized spacial score (nSPS) is 11.3. The van der Waals surface area contributed by atoms with Gasteiger partial charge in [0, 0.05) is 5.41 Å². The summed E-state index contributed by atoms with van der Waals surface area (Å²) < 4.78 is 18.5. The molecule has 3 rings (SSSR count). The second-order valence-electron chi connectivity index (χ2n) is 6.72. The number of rotatable bonds is 4. The molecular formula is C22H18ClFO3. The van der Waals surface area contributed by atoms with Crippen LogP contribution < -0.4 is 4.74 Å². The maximum atomic E-state index is 13.2. The molecule has 0 saturated carbocycles. The van der Waals surface area contributed by atoms with Gasteiger partial charge in [0.15, 0.2) is 0 Å². The van der Waals surface area contributed by atoms with Crippen LogP contribution in [-0.2, 0) is 5.41 Å². The van der Waals surface area contributed by atoms with Gasteiger partial charge in [0.05, 0.1) is 10.6 Å². The van der Waals surface area contributed by atoms with E-state index < -0.39 is 11.8 Å². The molecule has 0 unspecified atom stereocenters. The summed E-state index contributed by atoms with van der Waals surface area (Å²) in [6.45, 7) is 4.06. The van der Waals surface area contributed by atoms with Gasteiger partial charge in [0.1, 0.15) is 17.3 Å². The van der Waals surface area contributed by atoms with Crippen molar-refractivity contribution >= 4 is 17.6 Å². The molecule has 0 radical (unpaired) electrons. The predicted octanol–water partition coefficient (Wildman–Crippen LogP) is 5.73. The van der Waals surface area contributed by atoms with E-state index in [-0.39, 0.29) is 16.7 Å². The molecule has 138 valence electrons. The SMILES string of the molecule is CC(C)(c1ccc(OC(=O)c2cccc(F)c2)cc1)c1ccc(O)c(Cl)c1. The number of halogens is 2. The van der Waals surface area contributed by atoms with Gasteiger partial charge in [0.2, 0.25) is 0 Å². The Morgan fingerprint density at radius 3 is 2.30 bits per heavy atom. The number of hydrogen-bond acceptors (Lipinski definition) is 3. The standard InChI is InChI=1S/C22H18ClFO3/c1-22(2,16-8-11-20(25)19(23)13-16)15-6-9-18(10-7-15)27-21(26)14-4-3-5-17(24)12-14/h3-13,25H,1-2H3. The first-order valence-electron chi connectivity index (χ1n) is 8.34. The Bertz CT molecular complexity index is 981. The van der Waals surface area contributed by atoms with E-state index in [1.165, 1.54) is 18.2 Å². The lowest BCUT2D eigenvalue weighted by Gasteiger charge is -2.26. The van der Waals surface area contributed by atoms with Crippen LogP contribution in [0.3, 0.4) is 0 Å². The highest BCUT2D eigenvalue weighted by atomic mass is 35.5. The van der Waals surface area contributed by atoms with Crippen LogP contribution in [0.4, 0.5) is 4.39 Å². The molecule has 3 aromatic carbocycles. The summed E-state index contributed by atoms with van der Waals surface area (Å²) in [5.41, 5.74) is 1.70. The van der Waals surface area contributed by atoms with Crippen molar-refractivity contribution in [1.29, 1.82) is 0 Å². The second-order valence-corrected chi connectivity index (χ2v) is 7.12. The summed E-state index contributed by atoms with van der Waals surface area (Å²) in [5.74, 6) is -0.704. The number of hydrogen-bond donors (Lipinski definition) is 1. The highest BCUT2D eigenvalue weighted by Crippen LogP contribution is 2.36. The lowest BCUT2D eigenvalue weighted by molar-refractivity contribution is 0.0734. The van der Waals surface area contributed by atoms with Crippen LogP contribution in [0.2, 0.25) is 5.02 Å². The van der Waals surface area contributed by atoms with Crippen LogP contribution in [-0.4, -0.2) is 11.1 Å². The van der Waals surface area contributed by atoms with Crippen LogP contribution >= 0.6 is 11.6 Å². The van der Waals surface area contributed by atoms with Crippen LogP contribution in [0, 0.1) is 5.82 Å². The van der Waals surface area contributed by atoms with Crippen molar-refractivity contribution in [2.45, 2.75) is 19.3 Å². The summed E-state index contributed by atoms with van der Waals surface area (Å²) in [7, 11) is 0. The van der Waals surface area contributed by atoms with Crippen molar-refractivity contribution in [2.24, 2.45) is 0 Å². The number of esters is 1. The number of ether oxygens (including phenoxy) is 1. The van der Waals surface area contributed by atoms with Gasteiger partial charge < -0.3 is 9.84 Å². The molecule has 0 aromatic heterocycles. The molecule has 3 nitrogen and oxygen atoms in total. The fourth-order valence-electron chi connectivity index (χ4n) is 2.78. The minimum Gasteiger partial charge on any atom is -0.506 e. The number of phenols is 1. The van der Waals surface area contributed by atoms with E-state index in [4.69, 9.17) is 16.3 Å². The summed E-state index contributed by atoms with van der Waals surface area (Å²) in [6, 6.07) is 17.6. The fourth-order valence-corrected chi connectivity index (χ4v) is 2.96. The summed E-state index contributed by atoms with van der Waals surface area (Å²) >= 11 is 6.03. The monoisotopic (exact) mass is 384 g/mol. The molecule has 0 saturated heterocycles. The molecule has 0 aliphatic carbocycles. The van der Waals surface area contributed by atoms with Crippen LogP contribution in [0.5, 0.6) is 11.5 Å². The lowest BCUT2D eigenvalue weighted by atomic mass is 9.78. The average Bonchev–Trinajstić information content (AvgIpc) is 2.64. The van der Waals surface area contributed by atoms with Gasteiger partial charge in [-0.05, 0) is 53.6 Å². The topological polar surface area (TPSA) is 46.5 Å². The number of carbonyl (C=O) groups excluding carboxylic acids is 1. The van der Waals surface area contributed by atoms with E-state index in [1.54, 1.807) is 24.3 Å². The second kappa shape index (κ2) is 7.41. The first-order valence-corrected chi connectivity index (χ1v) is 8.72. The average molecular weight is 385 g/mol. The molecule has 0 bridgehead atoms. The zero-order valence-corrected chi connectivity index (χ0v) is 15.6. The maximum Gasteiger partial charge on any atom is 0.343 e. The summed E-state index contributed by atoms with van der Waals surface area (Å²) in [5, 5.41) is 9.90. The van der Waals surface area contributed by atoms with E-state index in [0.717, 1.165) is 17.2 Å². The van der Waals surface area contributed by atoms with Gasteiger partial charge in [-0.2, -0.15) is 0 Å². The molecule has 0 atom stereocenters. The molecule has 0 spiro atoms. The largest absolute Gasteiger partial charge is 0.506 e. The zero-order chi connectivity index (χ0) is 19.6. The van der Waals surface area contributed by atoms with Crippen LogP contribution in [0.1, 0.15) is 35.3 Å². The van der Waals surface area contributed by atoms with Crippen molar-refractivity contribution < 1.29 is 19.0 Å². The molecule has 5 heteroatoms. The molecule has 1 N–H and O–H groups in total. The third-order valence-corrected chi connectivity index (χ3v) is 4.82. The molecule has 27 heavy (non-hydrogen) atoms. The Labute approximate surface area is 162 Å². The fraction of sp³-hybridized carbons (Fsp3) is 0.136. The van der Waals surface area contributed by atoms with Crippen LogP contribution in [0.25, 0.3) is 0 Å². The third-order valence-electron chi connectivity index (χ3n) is 4.52. The summed E-state index contributed by atoms with van der Waals surface area (Å²) in [4.78, 5) is 12.1. The highest BCUT2D eigenvalue weighted by molar-refractivity contribution is 6.32. The number of benzene rings is 3. The Morgan fingerprint density at radius 2 is 1.67 bits per heavy atom. The Kier molecular flexibility index (Phi) is 5.19. The molecule has 0 aliphatic rings. The Hall–Kier alpha value is -2.85. The van der Waals surface area contributed by atoms with Crippen LogP contribution in [0.15, 0.2) is 66.7 Å². The Morgan fingerprint density at radius 1 is 1.00 bits per heavy atom. The van der Waals surface area contributed by atoms with Crippen molar-refractivity contribution in [3.05, 3.63) is 94.3 Å². The first-order chi connectivity index (χ1) is 12.8. The summed E-state index contributed by atoms with van der Waals surface area (Å²) in [6.07, 6.45) is 0. The van der Waals surface area contributed by atoms with E-state index in [0.29, 0.717) is 10.8 Å². The number of carbonyl (C=O) groups is 1. The quantitative estimate of drug-likeness (QED) is 0.461. The van der Waals surface area contributed by atoms with E-state index in [1.807, 2.05) is 32.0 Å². The number of aromatic hydroxyl groups is 1. The zero-order valence-electron chi connectivity index (χ0n) is 14.9. The molecule has 3 aromatic rings. The lowest BCUT2D eigenvalue weighted by Crippen LogP contribution is -2.18. The molecule has 0 fully saturated rings.